The van der Waals surface area contributed by atoms with Gasteiger partial charge in [-0.2, -0.15) is 0 Å². The van der Waals surface area contributed by atoms with Gasteiger partial charge in [-0.05, 0) is 24.3 Å². The number of fused-ring (bicyclic) bond motifs is 1. The zero-order chi connectivity index (χ0) is 15.5. The van der Waals surface area contributed by atoms with Crippen molar-refractivity contribution in [1.29, 1.82) is 0 Å². The Labute approximate surface area is 127 Å². The van der Waals surface area contributed by atoms with Gasteiger partial charge < -0.3 is 19.2 Å². The van der Waals surface area contributed by atoms with Gasteiger partial charge in [-0.3, -0.25) is 4.79 Å². The third-order valence-corrected chi connectivity index (χ3v) is 3.26. The topological polar surface area (TPSA) is 64.9 Å². The second-order valence-electron chi connectivity index (χ2n) is 4.67. The molecule has 0 bridgehead atoms. The highest BCUT2D eigenvalue weighted by atomic mass is 16.5. The number of rotatable bonds is 4. The average molecular weight is 297 g/mol. The van der Waals surface area contributed by atoms with Gasteiger partial charge in [0.05, 0.1) is 19.9 Å². The molecule has 2 heterocycles. The van der Waals surface area contributed by atoms with E-state index >= 15 is 0 Å². The van der Waals surface area contributed by atoms with Crippen LogP contribution in [0.5, 0.6) is 11.5 Å². The largest absolute Gasteiger partial charge is 0.497 e. The number of carbonyl (C=O) groups excluding carboxylic acids is 1. The van der Waals surface area contributed by atoms with Crippen LogP contribution in [0.15, 0.2) is 48.9 Å². The first-order valence-corrected chi connectivity index (χ1v) is 6.67. The maximum Gasteiger partial charge on any atom is 0.255 e. The molecule has 0 spiro atoms. The molecule has 0 atom stereocenters. The number of hydrogen-bond donors (Lipinski definition) is 1. The summed E-state index contributed by atoms with van der Waals surface area (Å²) in [4.78, 5) is 16.5. The Balaban J connectivity index is 1.87. The summed E-state index contributed by atoms with van der Waals surface area (Å²) in [5.41, 5.74) is 1.96. The summed E-state index contributed by atoms with van der Waals surface area (Å²) in [6.07, 6.45) is 5.32. The number of hydrogen-bond acceptors (Lipinski definition) is 4. The number of anilines is 1. The van der Waals surface area contributed by atoms with Gasteiger partial charge in [-0.15, -0.1) is 0 Å². The van der Waals surface area contributed by atoms with Crippen molar-refractivity contribution in [1.82, 2.24) is 9.38 Å². The summed E-state index contributed by atoms with van der Waals surface area (Å²) in [6.45, 7) is 0. The van der Waals surface area contributed by atoms with Crippen molar-refractivity contribution < 1.29 is 14.3 Å². The SMILES string of the molecule is COc1cc(OC)cc(C(=O)Nc2ccc3nccn3c2)c1. The normalized spacial score (nSPS) is 10.5. The van der Waals surface area contributed by atoms with Crippen molar-refractivity contribution in [2.75, 3.05) is 19.5 Å². The van der Waals surface area contributed by atoms with Gasteiger partial charge in [0.1, 0.15) is 17.1 Å². The minimum absolute atomic E-state index is 0.239. The number of benzene rings is 1. The molecular formula is C16H15N3O3. The summed E-state index contributed by atoms with van der Waals surface area (Å²) in [5.74, 6) is 0.890. The Morgan fingerprint density at radius 3 is 2.55 bits per heavy atom. The molecule has 0 saturated carbocycles. The monoisotopic (exact) mass is 297 g/mol. The molecule has 0 saturated heterocycles. The number of amides is 1. The molecule has 3 aromatic rings. The van der Waals surface area contributed by atoms with Crippen molar-refractivity contribution in [3.05, 3.63) is 54.5 Å². The smallest absolute Gasteiger partial charge is 0.255 e. The van der Waals surface area contributed by atoms with Crippen LogP contribution in [0.3, 0.4) is 0 Å². The molecule has 1 N–H and O–H groups in total. The molecule has 2 aromatic heterocycles. The summed E-state index contributed by atoms with van der Waals surface area (Å²) in [5, 5.41) is 2.84. The van der Waals surface area contributed by atoms with Crippen LogP contribution in [-0.2, 0) is 0 Å². The third kappa shape index (κ3) is 2.71. The molecule has 0 aliphatic carbocycles. The van der Waals surface area contributed by atoms with Crippen molar-refractivity contribution in [3.8, 4) is 11.5 Å². The third-order valence-electron chi connectivity index (χ3n) is 3.26. The van der Waals surface area contributed by atoms with Crippen molar-refractivity contribution in [2.45, 2.75) is 0 Å². The lowest BCUT2D eigenvalue weighted by Crippen LogP contribution is -2.12. The lowest BCUT2D eigenvalue weighted by molar-refractivity contribution is 0.102. The summed E-state index contributed by atoms with van der Waals surface area (Å²) >= 11 is 0. The first kappa shape index (κ1) is 13.9. The predicted molar refractivity (Wildman–Crippen MR) is 82.7 cm³/mol. The zero-order valence-electron chi connectivity index (χ0n) is 12.2. The summed E-state index contributed by atoms with van der Waals surface area (Å²) in [7, 11) is 3.09. The van der Waals surface area contributed by atoms with Gasteiger partial charge in [-0.1, -0.05) is 0 Å². The molecule has 112 valence electrons. The zero-order valence-corrected chi connectivity index (χ0v) is 12.2. The van der Waals surface area contributed by atoms with Crippen LogP contribution in [0.4, 0.5) is 5.69 Å². The number of nitrogens with zero attached hydrogens (tertiary/aromatic N) is 2. The summed E-state index contributed by atoms with van der Waals surface area (Å²) < 4.78 is 12.2. The van der Waals surface area contributed by atoms with E-state index in [-0.39, 0.29) is 5.91 Å². The Bertz CT molecular complexity index is 804. The molecule has 1 amide bonds. The number of imidazole rings is 1. The Morgan fingerprint density at radius 1 is 1.14 bits per heavy atom. The first-order chi connectivity index (χ1) is 10.7. The molecule has 0 fully saturated rings. The predicted octanol–water partition coefficient (Wildman–Crippen LogP) is 2.60. The molecule has 6 nitrogen and oxygen atoms in total. The number of pyridine rings is 1. The van der Waals surface area contributed by atoms with Crippen LogP contribution < -0.4 is 14.8 Å². The maximum atomic E-state index is 12.4. The lowest BCUT2D eigenvalue weighted by Gasteiger charge is -2.09. The summed E-state index contributed by atoms with van der Waals surface area (Å²) in [6, 6.07) is 8.68. The first-order valence-electron chi connectivity index (χ1n) is 6.67. The minimum atomic E-state index is -0.239. The van der Waals surface area contributed by atoms with E-state index in [1.54, 1.807) is 50.9 Å². The molecular weight excluding hydrogens is 282 g/mol. The highest BCUT2D eigenvalue weighted by Crippen LogP contribution is 2.23. The van der Waals surface area contributed by atoms with Crippen LogP contribution >= 0.6 is 0 Å². The molecule has 6 heteroatoms. The highest BCUT2D eigenvalue weighted by molar-refractivity contribution is 6.04. The van der Waals surface area contributed by atoms with E-state index in [4.69, 9.17) is 9.47 Å². The van der Waals surface area contributed by atoms with E-state index in [0.29, 0.717) is 22.7 Å². The van der Waals surface area contributed by atoms with Gasteiger partial charge in [0.25, 0.3) is 5.91 Å². The van der Waals surface area contributed by atoms with Crippen molar-refractivity contribution >= 4 is 17.2 Å². The fourth-order valence-electron chi connectivity index (χ4n) is 2.14. The number of methoxy groups -OCH3 is 2. The number of aromatic nitrogens is 2. The minimum Gasteiger partial charge on any atom is -0.497 e. The van der Waals surface area contributed by atoms with Crippen LogP contribution in [-0.4, -0.2) is 29.5 Å². The number of nitrogens with one attached hydrogen (secondary N) is 1. The van der Waals surface area contributed by atoms with E-state index in [1.165, 1.54) is 0 Å². The Kier molecular flexibility index (Phi) is 3.65. The number of carbonyl (C=O) groups is 1. The maximum absolute atomic E-state index is 12.4. The van der Waals surface area contributed by atoms with E-state index in [2.05, 4.69) is 10.3 Å². The second-order valence-corrected chi connectivity index (χ2v) is 4.67. The van der Waals surface area contributed by atoms with Crippen LogP contribution in [0.1, 0.15) is 10.4 Å². The van der Waals surface area contributed by atoms with Crippen LogP contribution in [0.2, 0.25) is 0 Å². The quantitative estimate of drug-likeness (QED) is 0.804. The van der Waals surface area contributed by atoms with Crippen LogP contribution in [0, 0.1) is 0 Å². The van der Waals surface area contributed by atoms with Gasteiger partial charge in [0, 0.05) is 30.2 Å². The molecule has 3 rings (SSSR count). The van der Waals surface area contributed by atoms with E-state index in [0.717, 1.165) is 5.65 Å². The molecule has 1 aromatic carbocycles. The number of ether oxygens (including phenoxy) is 2. The van der Waals surface area contributed by atoms with Crippen molar-refractivity contribution in [2.24, 2.45) is 0 Å². The van der Waals surface area contributed by atoms with E-state index < -0.39 is 0 Å². The molecule has 22 heavy (non-hydrogen) atoms. The Morgan fingerprint density at radius 2 is 1.86 bits per heavy atom. The van der Waals surface area contributed by atoms with Crippen molar-refractivity contribution in [3.63, 3.8) is 0 Å². The van der Waals surface area contributed by atoms with Crippen LogP contribution in [0.25, 0.3) is 5.65 Å². The highest BCUT2D eigenvalue weighted by Gasteiger charge is 2.10. The second kappa shape index (κ2) is 5.77. The van der Waals surface area contributed by atoms with Gasteiger partial charge >= 0.3 is 0 Å². The fraction of sp³-hybridized carbons (Fsp3) is 0.125. The molecule has 0 radical (unpaired) electrons. The molecule has 0 aliphatic heterocycles. The van der Waals surface area contributed by atoms with Gasteiger partial charge in [0.15, 0.2) is 0 Å². The van der Waals surface area contributed by atoms with Gasteiger partial charge in [0.2, 0.25) is 0 Å². The van der Waals surface area contributed by atoms with E-state index in [1.807, 2.05) is 16.7 Å². The standard InChI is InChI=1S/C16H15N3O3/c1-21-13-7-11(8-14(9-13)22-2)16(20)18-12-3-4-15-17-5-6-19(15)10-12/h3-10H,1-2H3,(H,18,20). The van der Waals surface area contributed by atoms with Gasteiger partial charge in [-0.25, -0.2) is 4.98 Å². The Hall–Kier alpha value is -3.02. The fourth-order valence-corrected chi connectivity index (χ4v) is 2.14. The van der Waals surface area contributed by atoms with E-state index in [9.17, 15) is 4.79 Å². The molecule has 0 aliphatic rings. The lowest BCUT2D eigenvalue weighted by atomic mass is 10.2. The average Bonchev–Trinajstić information content (AvgIpc) is 3.01. The molecule has 0 unspecified atom stereocenters.